The van der Waals surface area contributed by atoms with Gasteiger partial charge in [-0.2, -0.15) is 0 Å². The summed E-state index contributed by atoms with van der Waals surface area (Å²) in [5.74, 6) is -0.252. The summed E-state index contributed by atoms with van der Waals surface area (Å²) in [6.45, 7) is 6.46. The summed E-state index contributed by atoms with van der Waals surface area (Å²) in [4.78, 5) is 68.5. The monoisotopic (exact) mass is 677 g/mol. The van der Waals surface area contributed by atoms with Gasteiger partial charge >= 0.3 is 0 Å². The molecule has 2 aromatic carbocycles. The maximum atomic E-state index is 13.8. The van der Waals surface area contributed by atoms with Crippen molar-refractivity contribution in [3.63, 3.8) is 0 Å². The van der Waals surface area contributed by atoms with Crippen molar-refractivity contribution in [2.24, 2.45) is 11.8 Å². The number of ether oxygens (including phenoxy) is 2. The Morgan fingerprint density at radius 3 is 2.51 bits per heavy atom. The Balaban J connectivity index is 1.30. The lowest BCUT2D eigenvalue weighted by molar-refractivity contribution is -0.139. The van der Waals surface area contributed by atoms with Crippen molar-refractivity contribution in [3.8, 4) is 17.2 Å². The lowest BCUT2D eigenvalue weighted by Crippen LogP contribution is -2.50. The van der Waals surface area contributed by atoms with Crippen LogP contribution >= 0.6 is 0 Å². The molecule has 13 nitrogen and oxygen atoms in total. The molecule has 0 saturated carbocycles. The molecule has 3 aliphatic rings. The first-order valence-corrected chi connectivity index (χ1v) is 17.1. The molecule has 0 bridgehead atoms. The van der Waals surface area contributed by atoms with Gasteiger partial charge in [0.15, 0.2) is 11.5 Å². The molecule has 49 heavy (non-hydrogen) atoms. The second kappa shape index (κ2) is 16.1. The Morgan fingerprint density at radius 2 is 1.76 bits per heavy atom. The number of carbonyl (C=O) groups excluding carboxylic acids is 5. The molecule has 3 aliphatic heterocycles. The van der Waals surface area contributed by atoms with Gasteiger partial charge in [-0.1, -0.05) is 32.9 Å². The minimum absolute atomic E-state index is 0.0188. The van der Waals surface area contributed by atoms with E-state index >= 15 is 0 Å². The molecule has 0 aromatic heterocycles. The van der Waals surface area contributed by atoms with Gasteiger partial charge < -0.3 is 40.7 Å². The number of hydrogen-bond acceptors (Lipinski definition) is 8. The summed E-state index contributed by atoms with van der Waals surface area (Å²) in [6, 6.07) is 9.15. The number of amides is 5. The zero-order valence-electron chi connectivity index (χ0n) is 28.3. The lowest BCUT2D eigenvalue weighted by Gasteiger charge is -2.29. The topological polar surface area (TPSA) is 175 Å². The van der Waals surface area contributed by atoms with E-state index in [4.69, 9.17) is 9.47 Å². The molecular formula is C36H47N5O8. The summed E-state index contributed by atoms with van der Waals surface area (Å²) >= 11 is 0. The van der Waals surface area contributed by atoms with E-state index in [1.54, 1.807) is 35.2 Å². The van der Waals surface area contributed by atoms with Crippen LogP contribution in [0, 0.1) is 11.8 Å². The quantitative estimate of drug-likeness (QED) is 0.321. The molecule has 5 rings (SSSR count). The van der Waals surface area contributed by atoms with Gasteiger partial charge in [-0.05, 0) is 73.4 Å². The van der Waals surface area contributed by atoms with Gasteiger partial charge in [0.2, 0.25) is 30.4 Å². The van der Waals surface area contributed by atoms with Gasteiger partial charge in [0.1, 0.15) is 17.8 Å². The highest BCUT2D eigenvalue weighted by molar-refractivity contribution is 5.95. The maximum absolute atomic E-state index is 13.8. The molecule has 0 unspecified atom stereocenters. The highest BCUT2D eigenvalue weighted by atomic mass is 16.7. The van der Waals surface area contributed by atoms with Gasteiger partial charge in [-0.3, -0.25) is 24.0 Å². The van der Waals surface area contributed by atoms with Crippen molar-refractivity contribution >= 4 is 29.5 Å². The number of fused-ring (bicyclic) bond motifs is 2. The Morgan fingerprint density at radius 1 is 1.00 bits per heavy atom. The highest BCUT2D eigenvalue weighted by Crippen LogP contribution is 2.32. The largest absolute Gasteiger partial charge is 0.508 e. The minimum Gasteiger partial charge on any atom is -0.508 e. The van der Waals surface area contributed by atoms with Crippen LogP contribution in [0.25, 0.3) is 0 Å². The first-order valence-electron chi connectivity index (χ1n) is 17.1. The second-order valence-corrected chi connectivity index (χ2v) is 13.7. The van der Waals surface area contributed by atoms with E-state index in [9.17, 15) is 29.1 Å². The fraction of sp³-hybridized carbons (Fsp3) is 0.528. The van der Waals surface area contributed by atoms with Crippen molar-refractivity contribution in [3.05, 3.63) is 53.6 Å². The first kappa shape index (κ1) is 35.5. The molecule has 13 heteroatoms. The number of phenolic OH excluding ortho intramolecular Hbond substituents is 1. The van der Waals surface area contributed by atoms with Gasteiger partial charge in [0.25, 0.3) is 5.91 Å². The summed E-state index contributed by atoms with van der Waals surface area (Å²) in [5.41, 5.74) is 1.16. The number of rotatable bonds is 5. The van der Waals surface area contributed by atoms with E-state index in [0.717, 1.165) is 5.56 Å². The van der Waals surface area contributed by atoms with E-state index < -0.39 is 18.1 Å². The SMILES string of the molecule is CC(C)[C@@H]1CC[C@@H](C)CC(=O)N[C@@H](Cc2ccc(O)cc2)C(=O)NCCCC(=O)N2C[C@H](NC(=O)c3ccc4c(c3)OCO4)C[C@H]2C(=O)N1. The third-order valence-electron chi connectivity index (χ3n) is 9.43. The van der Waals surface area contributed by atoms with E-state index in [2.05, 4.69) is 21.3 Å². The Bertz CT molecular complexity index is 1530. The highest BCUT2D eigenvalue weighted by Gasteiger charge is 2.41. The molecule has 3 heterocycles. The molecule has 264 valence electrons. The summed E-state index contributed by atoms with van der Waals surface area (Å²) < 4.78 is 10.7. The van der Waals surface area contributed by atoms with Gasteiger partial charge in [0, 0.05) is 50.0 Å². The van der Waals surface area contributed by atoms with Crippen LogP contribution in [0.2, 0.25) is 0 Å². The normalized spacial score (nSPS) is 25.5. The molecular weight excluding hydrogens is 630 g/mol. The van der Waals surface area contributed by atoms with Crippen molar-refractivity contribution < 1.29 is 38.6 Å². The Hall–Kier alpha value is -4.81. The minimum atomic E-state index is -0.835. The molecule has 5 amide bonds. The molecule has 0 aliphatic carbocycles. The van der Waals surface area contributed by atoms with E-state index in [1.807, 2.05) is 20.8 Å². The standard InChI is InChI=1S/C36H47N5O8/c1-21(2)27-12-6-22(3)15-32(43)39-28(16-23-7-10-26(42)11-8-23)35(46)37-14-4-5-33(44)41-19-25(18-29(41)36(47)40-27)38-34(45)24-9-13-30-31(17-24)49-20-48-30/h7-11,13,17,21-22,25,27-29,42H,4-6,12,14-16,18-20H2,1-3H3,(H,37,46)(H,38,45)(H,39,43)(H,40,47)/t22-,25-,27+,28+,29+/m1/s1. The van der Waals surface area contributed by atoms with Gasteiger partial charge in [0.05, 0.1) is 0 Å². The second-order valence-electron chi connectivity index (χ2n) is 13.7. The smallest absolute Gasteiger partial charge is 0.251 e. The number of nitrogens with one attached hydrogen (secondary N) is 4. The summed E-state index contributed by atoms with van der Waals surface area (Å²) in [6.07, 6.45) is 2.38. The Labute approximate surface area is 286 Å². The lowest BCUT2D eigenvalue weighted by atomic mass is 9.92. The van der Waals surface area contributed by atoms with Crippen molar-refractivity contribution in [1.29, 1.82) is 0 Å². The van der Waals surface area contributed by atoms with Gasteiger partial charge in [-0.25, -0.2) is 0 Å². The van der Waals surface area contributed by atoms with Crippen LogP contribution in [-0.2, 0) is 25.6 Å². The van der Waals surface area contributed by atoms with Crippen LogP contribution in [0.5, 0.6) is 17.2 Å². The predicted octanol–water partition coefficient (Wildman–Crippen LogP) is 2.40. The fourth-order valence-electron chi connectivity index (χ4n) is 6.55. The van der Waals surface area contributed by atoms with Crippen LogP contribution in [0.15, 0.2) is 42.5 Å². The summed E-state index contributed by atoms with van der Waals surface area (Å²) in [7, 11) is 0. The third-order valence-corrected chi connectivity index (χ3v) is 9.43. The predicted molar refractivity (Wildman–Crippen MR) is 180 cm³/mol. The van der Waals surface area contributed by atoms with E-state index in [-0.39, 0.29) is 98.7 Å². The van der Waals surface area contributed by atoms with Crippen molar-refractivity contribution in [1.82, 2.24) is 26.2 Å². The Kier molecular flexibility index (Phi) is 11.6. The van der Waals surface area contributed by atoms with Gasteiger partial charge in [-0.15, -0.1) is 0 Å². The number of benzene rings is 2. The average Bonchev–Trinajstić information content (AvgIpc) is 3.72. The molecule has 2 saturated heterocycles. The van der Waals surface area contributed by atoms with Crippen LogP contribution in [0.3, 0.4) is 0 Å². The number of nitrogens with zero attached hydrogens (tertiary/aromatic N) is 1. The average molecular weight is 678 g/mol. The third kappa shape index (κ3) is 9.42. The molecule has 2 aromatic rings. The molecule has 2 fully saturated rings. The summed E-state index contributed by atoms with van der Waals surface area (Å²) in [5, 5.41) is 21.6. The zero-order valence-corrected chi connectivity index (χ0v) is 28.3. The van der Waals surface area contributed by atoms with E-state index in [1.165, 1.54) is 12.1 Å². The number of aromatic hydroxyl groups is 1. The number of hydrogen-bond donors (Lipinski definition) is 5. The van der Waals surface area contributed by atoms with Crippen molar-refractivity contribution in [2.75, 3.05) is 19.9 Å². The fourth-order valence-corrected chi connectivity index (χ4v) is 6.55. The number of carbonyl (C=O) groups is 5. The van der Waals surface area contributed by atoms with Crippen LogP contribution in [0.1, 0.15) is 75.2 Å². The zero-order chi connectivity index (χ0) is 35.1. The van der Waals surface area contributed by atoms with Crippen LogP contribution < -0.4 is 30.7 Å². The molecule has 5 N–H and O–H groups in total. The van der Waals surface area contributed by atoms with Crippen LogP contribution in [0.4, 0.5) is 0 Å². The van der Waals surface area contributed by atoms with Crippen LogP contribution in [-0.4, -0.2) is 83.6 Å². The number of phenols is 1. The maximum Gasteiger partial charge on any atom is 0.251 e. The molecule has 0 spiro atoms. The van der Waals surface area contributed by atoms with E-state index in [0.29, 0.717) is 36.3 Å². The molecule has 5 atom stereocenters. The first-order chi connectivity index (χ1) is 23.5. The molecule has 0 radical (unpaired) electrons. The van der Waals surface area contributed by atoms with Crippen molar-refractivity contribution in [2.45, 2.75) is 89.9 Å².